The minimum Gasteiger partial charge on any atom is -0.337 e. The van der Waals surface area contributed by atoms with Crippen LogP contribution in [0.5, 0.6) is 0 Å². The molecule has 0 saturated carbocycles. The van der Waals surface area contributed by atoms with E-state index in [1.165, 1.54) is 36.1 Å². The van der Waals surface area contributed by atoms with E-state index in [1.807, 2.05) is 0 Å². The van der Waals surface area contributed by atoms with E-state index in [0.29, 0.717) is 56.8 Å². The van der Waals surface area contributed by atoms with Crippen LogP contribution in [0, 0.1) is 11.3 Å². The fraction of sp³-hybridized carbons (Fsp3) is 0.147. The van der Waals surface area contributed by atoms with E-state index in [2.05, 4.69) is 22.0 Å². The summed E-state index contributed by atoms with van der Waals surface area (Å²) in [5, 5.41) is 19.1. The second-order valence-corrected chi connectivity index (χ2v) is 13.3. The molecule has 1 aliphatic rings. The zero-order chi connectivity index (χ0) is 33.5. The summed E-state index contributed by atoms with van der Waals surface area (Å²) in [6.07, 6.45) is 2.01. The number of hydrogen-bond acceptors (Lipinski definition) is 7. The molecule has 1 aliphatic heterocycles. The molecule has 3 aromatic carbocycles. The average molecular weight is 705 g/mol. The van der Waals surface area contributed by atoms with Crippen molar-refractivity contribution in [3.63, 3.8) is 0 Å². The Morgan fingerprint density at radius 2 is 1.79 bits per heavy atom. The van der Waals surface area contributed by atoms with E-state index >= 15 is 0 Å². The van der Waals surface area contributed by atoms with Gasteiger partial charge in [-0.15, -0.1) is 23.1 Å². The number of thiophene rings is 1. The molecule has 5 rings (SSSR count). The van der Waals surface area contributed by atoms with Crippen LogP contribution in [0.25, 0.3) is 6.08 Å². The first-order valence-corrected chi connectivity index (χ1v) is 16.8. The lowest BCUT2D eigenvalue weighted by Crippen LogP contribution is -2.33. The molecule has 238 valence electrons. The molecule has 0 radical (unpaired) electrons. The summed E-state index contributed by atoms with van der Waals surface area (Å²) in [5.41, 5.74) is 2.51. The molecule has 9 nitrogen and oxygen atoms in total. The number of nitrogens with one attached hydrogen (secondary N) is 3. The summed E-state index contributed by atoms with van der Waals surface area (Å²) in [6, 6.07) is 22.6. The van der Waals surface area contributed by atoms with E-state index in [1.54, 1.807) is 77.7 Å². The van der Waals surface area contributed by atoms with Crippen molar-refractivity contribution in [2.24, 2.45) is 0 Å². The number of nitrogens with zero attached hydrogens (tertiary/aromatic N) is 2. The van der Waals surface area contributed by atoms with E-state index in [9.17, 15) is 24.4 Å². The van der Waals surface area contributed by atoms with Gasteiger partial charge in [-0.3, -0.25) is 19.2 Å². The molecule has 1 aromatic heterocycles. The molecule has 0 spiro atoms. The van der Waals surface area contributed by atoms with Gasteiger partial charge in [-0.2, -0.15) is 5.26 Å². The molecule has 4 aromatic rings. The van der Waals surface area contributed by atoms with Gasteiger partial charge in [0.25, 0.3) is 11.8 Å². The third-order valence-electron chi connectivity index (χ3n) is 7.14. The van der Waals surface area contributed by atoms with Gasteiger partial charge in [-0.05, 0) is 60.0 Å². The van der Waals surface area contributed by atoms with Gasteiger partial charge in [0.2, 0.25) is 11.8 Å². The van der Waals surface area contributed by atoms with Gasteiger partial charge in [-0.25, -0.2) is 0 Å². The quantitative estimate of drug-likeness (QED) is 0.127. The average Bonchev–Trinajstić information content (AvgIpc) is 3.41. The maximum absolute atomic E-state index is 13.5. The molecule has 3 N–H and O–H groups in total. The molecular weight excluding hydrogens is 677 g/mol. The van der Waals surface area contributed by atoms with Crippen molar-refractivity contribution in [2.45, 2.75) is 24.8 Å². The van der Waals surface area contributed by atoms with Crippen LogP contribution >= 0.6 is 46.3 Å². The van der Waals surface area contributed by atoms with E-state index < -0.39 is 11.8 Å². The first-order chi connectivity index (χ1) is 22.6. The highest BCUT2D eigenvalue weighted by molar-refractivity contribution is 8.00. The van der Waals surface area contributed by atoms with Gasteiger partial charge >= 0.3 is 0 Å². The van der Waals surface area contributed by atoms with E-state index in [-0.39, 0.29) is 28.3 Å². The summed E-state index contributed by atoms with van der Waals surface area (Å²) in [6.45, 7) is 2.47. The number of benzene rings is 3. The SMILES string of the molecule is CC(=O)N1CCc2c(sc(NC(=O)CSc3cccc(NC(=O)/C(=C\c4cccc(Cl)c4Cl)NC(=O)c4ccccc4)c3)c2C#N)C1. The lowest BCUT2D eigenvalue weighted by Gasteiger charge is -2.25. The fourth-order valence-corrected chi connectivity index (χ4v) is 7.13. The molecule has 0 aliphatic carbocycles. The molecule has 2 heterocycles. The Bertz CT molecular complexity index is 1940. The van der Waals surface area contributed by atoms with Gasteiger partial charge in [-0.1, -0.05) is 59.6 Å². The Morgan fingerprint density at radius 3 is 2.53 bits per heavy atom. The Morgan fingerprint density at radius 1 is 1.02 bits per heavy atom. The number of rotatable bonds is 9. The summed E-state index contributed by atoms with van der Waals surface area (Å²) < 4.78 is 0. The van der Waals surface area contributed by atoms with E-state index in [0.717, 1.165) is 10.4 Å². The molecule has 4 amide bonds. The Hall–Kier alpha value is -4.60. The number of halogens is 2. The molecule has 0 unspecified atom stereocenters. The number of thioether (sulfide) groups is 1. The zero-order valence-electron chi connectivity index (χ0n) is 24.9. The third kappa shape index (κ3) is 8.41. The standard InChI is InChI=1S/C34H27Cl2N5O4S2/c1-20(42)41-14-13-25-26(17-37)34(47-29(25)18-41)40-30(43)19-46-24-11-6-10-23(16-24)38-33(45)28(15-22-9-5-12-27(35)31(22)36)39-32(44)21-7-3-2-4-8-21/h2-12,15-16H,13-14,18-19H2,1H3,(H,38,45)(H,39,44)(H,40,43)/b28-15+. The van der Waals surface area contributed by atoms with Crippen molar-refractivity contribution < 1.29 is 19.2 Å². The summed E-state index contributed by atoms with van der Waals surface area (Å²) in [7, 11) is 0. The van der Waals surface area contributed by atoms with E-state index in [4.69, 9.17) is 23.2 Å². The van der Waals surface area contributed by atoms with Crippen molar-refractivity contribution in [1.29, 1.82) is 5.26 Å². The highest BCUT2D eigenvalue weighted by Crippen LogP contribution is 2.37. The van der Waals surface area contributed by atoms with Crippen molar-refractivity contribution in [3.05, 3.63) is 116 Å². The minimum atomic E-state index is -0.598. The lowest BCUT2D eigenvalue weighted by atomic mass is 10.0. The van der Waals surface area contributed by atoms with Crippen LogP contribution in [0.1, 0.15) is 38.8 Å². The predicted octanol–water partition coefficient (Wildman–Crippen LogP) is 6.97. The van der Waals surface area contributed by atoms with Crippen LogP contribution in [0.15, 0.2) is 83.4 Å². The predicted molar refractivity (Wildman–Crippen MR) is 187 cm³/mol. The number of carbonyl (C=O) groups excluding carboxylic acids is 4. The van der Waals surface area contributed by atoms with Crippen molar-refractivity contribution in [1.82, 2.24) is 10.2 Å². The highest BCUT2D eigenvalue weighted by Gasteiger charge is 2.26. The van der Waals surface area contributed by atoms with Crippen LogP contribution in [0.3, 0.4) is 0 Å². The maximum Gasteiger partial charge on any atom is 0.272 e. The number of fused-ring (bicyclic) bond motifs is 1. The van der Waals surface area contributed by atoms with Crippen molar-refractivity contribution in [2.75, 3.05) is 22.9 Å². The molecule has 0 atom stereocenters. The number of carbonyl (C=O) groups is 4. The first-order valence-electron chi connectivity index (χ1n) is 14.3. The smallest absolute Gasteiger partial charge is 0.272 e. The highest BCUT2D eigenvalue weighted by atomic mass is 35.5. The van der Waals surface area contributed by atoms with Gasteiger partial charge in [0.1, 0.15) is 16.8 Å². The Labute approximate surface area is 289 Å². The molecule has 0 fully saturated rings. The van der Waals surface area contributed by atoms with Crippen LogP contribution in [0.2, 0.25) is 10.0 Å². The van der Waals surface area contributed by atoms with Crippen LogP contribution in [-0.4, -0.2) is 40.8 Å². The fourth-order valence-electron chi connectivity index (χ4n) is 4.78. The number of amides is 4. The zero-order valence-corrected chi connectivity index (χ0v) is 28.1. The summed E-state index contributed by atoms with van der Waals surface area (Å²) in [5.74, 6) is -1.36. The molecule has 13 heteroatoms. The second-order valence-electron chi connectivity index (χ2n) is 10.4. The summed E-state index contributed by atoms with van der Waals surface area (Å²) in [4.78, 5) is 54.5. The van der Waals surface area contributed by atoms with Crippen LogP contribution in [0.4, 0.5) is 10.7 Å². The molecule has 0 bridgehead atoms. The van der Waals surface area contributed by atoms with Crippen LogP contribution < -0.4 is 16.0 Å². The van der Waals surface area contributed by atoms with Gasteiger partial charge in [0.05, 0.1) is 27.9 Å². The van der Waals surface area contributed by atoms with Crippen LogP contribution in [-0.2, 0) is 27.3 Å². The van der Waals surface area contributed by atoms with Gasteiger partial charge in [0, 0.05) is 34.5 Å². The maximum atomic E-state index is 13.5. The minimum absolute atomic E-state index is 0.0300. The number of anilines is 2. The lowest BCUT2D eigenvalue weighted by molar-refractivity contribution is -0.129. The molecule has 0 saturated heterocycles. The second kappa shape index (κ2) is 15.3. The van der Waals surface area contributed by atoms with Gasteiger partial charge in [0.15, 0.2) is 0 Å². The summed E-state index contributed by atoms with van der Waals surface area (Å²) >= 11 is 15.1. The van der Waals surface area contributed by atoms with Gasteiger partial charge < -0.3 is 20.9 Å². The topological polar surface area (TPSA) is 131 Å². The largest absolute Gasteiger partial charge is 0.337 e. The Kier molecular flexibility index (Phi) is 11.0. The third-order valence-corrected chi connectivity index (χ3v) is 10.1. The first kappa shape index (κ1) is 33.8. The monoisotopic (exact) mass is 703 g/mol. The number of hydrogen-bond donors (Lipinski definition) is 3. The van der Waals surface area contributed by atoms with Crippen molar-refractivity contribution >= 4 is 86.7 Å². The normalized spacial score (nSPS) is 12.5. The number of nitriles is 1. The molecular formula is C34H27Cl2N5O4S2. The Balaban J connectivity index is 1.26. The van der Waals surface area contributed by atoms with Crippen molar-refractivity contribution in [3.8, 4) is 6.07 Å². The molecule has 47 heavy (non-hydrogen) atoms.